The lowest BCUT2D eigenvalue weighted by Gasteiger charge is -2.02. The molecule has 0 saturated carbocycles. The van der Waals surface area contributed by atoms with E-state index in [2.05, 4.69) is 4.98 Å². The van der Waals surface area contributed by atoms with Gasteiger partial charge in [-0.3, -0.25) is 4.79 Å². The van der Waals surface area contributed by atoms with Crippen molar-refractivity contribution >= 4 is 23.1 Å². The van der Waals surface area contributed by atoms with Gasteiger partial charge in [0.05, 0.1) is 0 Å². The van der Waals surface area contributed by atoms with Crippen molar-refractivity contribution in [2.24, 2.45) is 7.05 Å². The summed E-state index contributed by atoms with van der Waals surface area (Å²) < 4.78 is 1.56. The number of nitrogens with zero attached hydrogens (tertiary/aromatic N) is 1. The van der Waals surface area contributed by atoms with Gasteiger partial charge in [0.2, 0.25) is 0 Å². The van der Waals surface area contributed by atoms with Crippen molar-refractivity contribution in [3.63, 3.8) is 0 Å². The zero-order valence-electron chi connectivity index (χ0n) is 11.0. The standard InChI is InChI=1S/C16H14N2O2/c1-18-10-12(14-7-8-17-15(14)16(18)20)6-5-11-3-2-4-13(19)9-11/h2-10,17,19H,1H3/b6-5+. The van der Waals surface area contributed by atoms with Crippen LogP contribution in [0.3, 0.4) is 0 Å². The fourth-order valence-electron chi connectivity index (χ4n) is 2.25. The number of aromatic amines is 1. The van der Waals surface area contributed by atoms with Gasteiger partial charge in [-0.05, 0) is 23.8 Å². The van der Waals surface area contributed by atoms with Crippen molar-refractivity contribution < 1.29 is 5.11 Å². The summed E-state index contributed by atoms with van der Waals surface area (Å²) in [6.45, 7) is 0. The predicted molar refractivity (Wildman–Crippen MR) is 80.6 cm³/mol. The van der Waals surface area contributed by atoms with Crippen LogP contribution >= 0.6 is 0 Å². The summed E-state index contributed by atoms with van der Waals surface area (Å²) >= 11 is 0. The number of phenols is 1. The molecule has 100 valence electrons. The fourth-order valence-corrected chi connectivity index (χ4v) is 2.25. The zero-order valence-corrected chi connectivity index (χ0v) is 11.0. The molecule has 0 radical (unpaired) electrons. The first-order valence-electron chi connectivity index (χ1n) is 6.29. The number of aromatic nitrogens is 2. The summed E-state index contributed by atoms with van der Waals surface area (Å²) in [4.78, 5) is 14.9. The molecule has 0 aliphatic heterocycles. The number of rotatable bonds is 2. The fraction of sp³-hybridized carbons (Fsp3) is 0.0625. The van der Waals surface area contributed by atoms with E-state index in [4.69, 9.17) is 0 Å². The highest BCUT2D eigenvalue weighted by molar-refractivity contribution is 5.90. The average molecular weight is 266 g/mol. The second-order valence-electron chi connectivity index (χ2n) is 4.70. The second kappa shape index (κ2) is 4.74. The normalized spacial score (nSPS) is 11.4. The van der Waals surface area contributed by atoms with Crippen molar-refractivity contribution in [3.8, 4) is 5.75 Å². The van der Waals surface area contributed by atoms with Crippen LogP contribution in [0.4, 0.5) is 0 Å². The molecule has 4 nitrogen and oxygen atoms in total. The van der Waals surface area contributed by atoms with Crippen molar-refractivity contribution in [2.75, 3.05) is 0 Å². The van der Waals surface area contributed by atoms with Gasteiger partial charge in [-0.2, -0.15) is 0 Å². The minimum Gasteiger partial charge on any atom is -0.508 e. The highest BCUT2D eigenvalue weighted by Crippen LogP contribution is 2.18. The molecule has 2 aromatic heterocycles. The summed E-state index contributed by atoms with van der Waals surface area (Å²) in [6, 6.07) is 8.91. The van der Waals surface area contributed by atoms with Crippen LogP contribution in [0.1, 0.15) is 11.1 Å². The van der Waals surface area contributed by atoms with Crippen LogP contribution in [0.5, 0.6) is 5.75 Å². The molecule has 20 heavy (non-hydrogen) atoms. The van der Waals surface area contributed by atoms with Crippen LogP contribution in [-0.2, 0) is 7.05 Å². The van der Waals surface area contributed by atoms with Gasteiger partial charge in [0.15, 0.2) is 0 Å². The Morgan fingerprint density at radius 1 is 1.25 bits per heavy atom. The summed E-state index contributed by atoms with van der Waals surface area (Å²) in [5.41, 5.74) is 2.42. The van der Waals surface area contributed by atoms with Gasteiger partial charge in [-0.25, -0.2) is 0 Å². The number of aromatic hydroxyl groups is 1. The lowest BCUT2D eigenvalue weighted by Crippen LogP contribution is -2.16. The Hall–Kier alpha value is -2.75. The maximum atomic E-state index is 11.9. The molecule has 0 amide bonds. The predicted octanol–water partition coefficient (Wildman–Crippen LogP) is 2.74. The van der Waals surface area contributed by atoms with E-state index in [1.54, 1.807) is 42.2 Å². The van der Waals surface area contributed by atoms with Crippen molar-refractivity contribution in [1.29, 1.82) is 0 Å². The number of nitrogens with one attached hydrogen (secondary N) is 1. The van der Waals surface area contributed by atoms with Gasteiger partial charge in [0.1, 0.15) is 11.3 Å². The first-order valence-corrected chi connectivity index (χ1v) is 6.29. The maximum absolute atomic E-state index is 11.9. The van der Waals surface area contributed by atoms with E-state index in [-0.39, 0.29) is 11.3 Å². The number of pyridine rings is 1. The lowest BCUT2D eigenvalue weighted by atomic mass is 10.1. The highest BCUT2D eigenvalue weighted by Gasteiger charge is 2.05. The maximum Gasteiger partial charge on any atom is 0.274 e. The summed E-state index contributed by atoms with van der Waals surface area (Å²) in [5, 5.41) is 10.3. The number of hydrogen-bond acceptors (Lipinski definition) is 2. The third-order valence-corrected chi connectivity index (χ3v) is 3.25. The van der Waals surface area contributed by atoms with Gasteiger partial charge < -0.3 is 14.7 Å². The largest absolute Gasteiger partial charge is 0.508 e. The van der Waals surface area contributed by atoms with E-state index in [0.29, 0.717) is 5.52 Å². The van der Waals surface area contributed by atoms with Crippen molar-refractivity contribution in [3.05, 3.63) is 64.2 Å². The topological polar surface area (TPSA) is 58.0 Å². The van der Waals surface area contributed by atoms with Crippen LogP contribution < -0.4 is 5.56 Å². The number of aryl methyl sites for hydroxylation is 1. The van der Waals surface area contributed by atoms with E-state index >= 15 is 0 Å². The smallest absolute Gasteiger partial charge is 0.274 e. The Bertz CT molecular complexity index is 856. The first-order chi connectivity index (χ1) is 9.65. The molecule has 0 bridgehead atoms. The Kier molecular flexibility index (Phi) is 2.91. The van der Waals surface area contributed by atoms with Crippen LogP contribution in [-0.4, -0.2) is 14.7 Å². The Labute approximate surface area is 115 Å². The number of hydrogen-bond donors (Lipinski definition) is 2. The van der Waals surface area contributed by atoms with Crippen LogP contribution in [0, 0.1) is 0 Å². The molecule has 2 N–H and O–H groups in total. The second-order valence-corrected chi connectivity index (χ2v) is 4.70. The Balaban J connectivity index is 2.09. The van der Waals surface area contributed by atoms with Gasteiger partial charge in [-0.1, -0.05) is 24.3 Å². The number of phenolic OH excluding ortho intramolecular Hbond substituents is 1. The molecule has 1 aromatic carbocycles. The van der Waals surface area contributed by atoms with Gasteiger partial charge >= 0.3 is 0 Å². The molecule has 0 spiro atoms. The van der Waals surface area contributed by atoms with E-state index in [0.717, 1.165) is 16.5 Å². The zero-order chi connectivity index (χ0) is 14.1. The van der Waals surface area contributed by atoms with E-state index < -0.39 is 0 Å². The van der Waals surface area contributed by atoms with E-state index in [1.165, 1.54) is 0 Å². The summed E-state index contributed by atoms with van der Waals surface area (Å²) in [5.74, 6) is 0.236. The Morgan fingerprint density at radius 2 is 2.10 bits per heavy atom. The quantitative estimate of drug-likeness (QED) is 0.749. The SMILES string of the molecule is Cn1cc(/C=C/c2cccc(O)c2)c2cc[nH]c2c1=O. The van der Waals surface area contributed by atoms with Crippen LogP contribution in [0.15, 0.2) is 47.5 Å². The molecule has 0 atom stereocenters. The first kappa shape index (κ1) is 12.3. The van der Waals surface area contributed by atoms with Crippen LogP contribution in [0.25, 0.3) is 23.1 Å². The molecular weight excluding hydrogens is 252 g/mol. The number of H-pyrrole nitrogens is 1. The number of benzene rings is 1. The molecule has 4 heteroatoms. The molecule has 0 saturated heterocycles. The molecule has 2 heterocycles. The van der Waals surface area contributed by atoms with E-state index in [1.807, 2.05) is 24.3 Å². The molecule has 3 aromatic rings. The highest BCUT2D eigenvalue weighted by atomic mass is 16.3. The van der Waals surface area contributed by atoms with Crippen molar-refractivity contribution in [1.82, 2.24) is 9.55 Å². The Morgan fingerprint density at radius 3 is 2.90 bits per heavy atom. The average Bonchev–Trinajstić information content (AvgIpc) is 2.91. The molecule has 0 unspecified atom stereocenters. The van der Waals surface area contributed by atoms with Gasteiger partial charge in [0, 0.05) is 30.4 Å². The van der Waals surface area contributed by atoms with Crippen LogP contribution in [0.2, 0.25) is 0 Å². The van der Waals surface area contributed by atoms with Crippen molar-refractivity contribution in [2.45, 2.75) is 0 Å². The molecular formula is C16H14N2O2. The minimum absolute atomic E-state index is 0.0421. The van der Waals surface area contributed by atoms with Gasteiger partial charge in [-0.15, -0.1) is 0 Å². The molecule has 3 rings (SSSR count). The lowest BCUT2D eigenvalue weighted by molar-refractivity contribution is 0.475. The number of fused-ring (bicyclic) bond motifs is 1. The molecule has 0 aliphatic rings. The third kappa shape index (κ3) is 2.12. The minimum atomic E-state index is -0.0421. The summed E-state index contributed by atoms with van der Waals surface area (Å²) in [7, 11) is 1.73. The molecule has 0 aliphatic carbocycles. The summed E-state index contributed by atoms with van der Waals surface area (Å²) in [6.07, 6.45) is 7.41. The van der Waals surface area contributed by atoms with Gasteiger partial charge in [0.25, 0.3) is 5.56 Å². The third-order valence-electron chi connectivity index (χ3n) is 3.25. The monoisotopic (exact) mass is 266 g/mol. The molecule has 0 fully saturated rings. The van der Waals surface area contributed by atoms with E-state index in [9.17, 15) is 9.90 Å².